The van der Waals surface area contributed by atoms with Crippen molar-refractivity contribution in [2.24, 2.45) is 0 Å². The van der Waals surface area contributed by atoms with Gasteiger partial charge in [-0.05, 0) is 109 Å². The molecule has 1 nitrogen and oxygen atoms in total. The van der Waals surface area contributed by atoms with Crippen LogP contribution in [0.3, 0.4) is 0 Å². The van der Waals surface area contributed by atoms with Crippen molar-refractivity contribution >= 4 is 38.6 Å². The predicted octanol–water partition coefficient (Wildman–Crippen LogP) is 16.8. The Kier molecular flexibility index (Phi) is 9.00. The summed E-state index contributed by atoms with van der Waals surface area (Å²) in [5.41, 5.74) is 17.5. The molecule has 0 amide bonds. The normalized spacial score (nSPS) is 14.6. The molecule has 2 aliphatic carbocycles. The fourth-order valence-electron chi connectivity index (χ4n) is 10.5. The lowest BCUT2D eigenvalue weighted by molar-refractivity contribution is 0.443. The van der Waals surface area contributed by atoms with E-state index in [0.29, 0.717) is 5.92 Å². The van der Waals surface area contributed by atoms with Crippen molar-refractivity contribution in [1.29, 1.82) is 0 Å². The first kappa shape index (κ1) is 36.4. The molecule has 11 rings (SSSR count). The monoisotopic (exact) mass is 771 g/mol. The van der Waals surface area contributed by atoms with E-state index in [-0.39, 0.29) is 5.41 Å². The highest BCUT2D eigenvalue weighted by Gasteiger charge is 2.36. The molecule has 0 N–H and O–H groups in total. The summed E-state index contributed by atoms with van der Waals surface area (Å²) in [4.78, 5) is 2.58. The summed E-state index contributed by atoms with van der Waals surface area (Å²) in [6.45, 7) is 4.77. The van der Waals surface area contributed by atoms with Crippen molar-refractivity contribution in [3.05, 3.63) is 211 Å². The Balaban J connectivity index is 1.18. The Labute approximate surface area is 354 Å². The molecule has 1 fully saturated rings. The van der Waals surface area contributed by atoms with E-state index in [9.17, 15) is 0 Å². The number of hydrogen-bond acceptors (Lipinski definition) is 1. The average Bonchev–Trinajstić information content (AvgIpc) is 3.55. The summed E-state index contributed by atoms with van der Waals surface area (Å²) in [6.07, 6.45) is 6.68. The van der Waals surface area contributed by atoms with Gasteiger partial charge in [0.15, 0.2) is 0 Å². The highest BCUT2D eigenvalue weighted by atomic mass is 15.1. The van der Waals surface area contributed by atoms with Crippen LogP contribution < -0.4 is 4.90 Å². The van der Waals surface area contributed by atoms with Gasteiger partial charge in [0.05, 0.1) is 11.4 Å². The van der Waals surface area contributed by atoms with Crippen molar-refractivity contribution < 1.29 is 0 Å². The van der Waals surface area contributed by atoms with Gasteiger partial charge in [0, 0.05) is 27.6 Å². The summed E-state index contributed by atoms with van der Waals surface area (Å²) in [5.74, 6) is 0.685. The number of rotatable bonds is 7. The molecule has 2 aliphatic rings. The third-order valence-corrected chi connectivity index (χ3v) is 13.7. The fourth-order valence-corrected chi connectivity index (χ4v) is 10.5. The molecule has 0 atom stereocenters. The van der Waals surface area contributed by atoms with Gasteiger partial charge in [0.1, 0.15) is 0 Å². The Hall–Kier alpha value is -6.70. The minimum atomic E-state index is -0.152. The smallest absolute Gasteiger partial charge is 0.0618 e. The lowest BCUT2D eigenvalue weighted by atomic mass is 9.82. The maximum atomic E-state index is 2.58. The van der Waals surface area contributed by atoms with Gasteiger partial charge in [-0.15, -0.1) is 0 Å². The topological polar surface area (TPSA) is 3.24 Å². The van der Waals surface area contributed by atoms with Crippen molar-refractivity contribution in [1.82, 2.24) is 0 Å². The first-order valence-corrected chi connectivity index (χ1v) is 21.9. The fraction of sp³-hybridized carbons (Fsp3) is 0.153. The lowest BCUT2D eigenvalue weighted by Crippen LogP contribution is -2.17. The van der Waals surface area contributed by atoms with Gasteiger partial charge < -0.3 is 4.90 Å². The van der Waals surface area contributed by atoms with Gasteiger partial charge >= 0.3 is 0 Å². The second-order valence-corrected chi connectivity index (χ2v) is 17.5. The third kappa shape index (κ3) is 6.15. The molecule has 0 heterocycles. The zero-order valence-electron chi connectivity index (χ0n) is 34.5. The van der Waals surface area contributed by atoms with Crippen LogP contribution >= 0.6 is 0 Å². The van der Waals surface area contributed by atoms with E-state index < -0.39 is 0 Å². The van der Waals surface area contributed by atoms with Crippen molar-refractivity contribution in [3.63, 3.8) is 0 Å². The zero-order valence-corrected chi connectivity index (χ0v) is 34.5. The molecule has 1 heteroatoms. The third-order valence-electron chi connectivity index (χ3n) is 13.7. The SMILES string of the molecule is CC1(C)c2ccccc2-c2ccc(N(c3ccc(-c4ccc(C5CCCCC5)cc4)cc3-c3ccccc3)c3c(-c4cccc5ccccc45)ccc4ccccc34)cc21. The number of anilines is 3. The van der Waals surface area contributed by atoms with Gasteiger partial charge in [-0.25, -0.2) is 0 Å². The summed E-state index contributed by atoms with van der Waals surface area (Å²) >= 11 is 0. The van der Waals surface area contributed by atoms with Crippen molar-refractivity contribution in [3.8, 4) is 44.5 Å². The van der Waals surface area contributed by atoms with E-state index in [1.165, 1.54) is 121 Å². The molecule has 0 unspecified atom stereocenters. The van der Waals surface area contributed by atoms with Crippen LogP contribution in [-0.2, 0) is 5.41 Å². The van der Waals surface area contributed by atoms with Gasteiger partial charge in [-0.1, -0.05) is 203 Å². The molecular weight excluding hydrogens is 723 g/mol. The lowest BCUT2D eigenvalue weighted by Gasteiger charge is -2.33. The van der Waals surface area contributed by atoms with Crippen molar-refractivity contribution in [2.45, 2.75) is 57.3 Å². The molecule has 60 heavy (non-hydrogen) atoms. The maximum absolute atomic E-state index is 2.58. The van der Waals surface area contributed by atoms with Crippen LogP contribution in [0.1, 0.15) is 68.6 Å². The Morgan fingerprint density at radius 2 is 1.05 bits per heavy atom. The molecule has 0 bridgehead atoms. The first-order valence-electron chi connectivity index (χ1n) is 21.9. The molecule has 0 radical (unpaired) electrons. The Morgan fingerprint density at radius 1 is 0.417 bits per heavy atom. The molecule has 0 spiro atoms. The highest BCUT2D eigenvalue weighted by Crippen LogP contribution is 2.54. The number of nitrogens with zero attached hydrogens (tertiary/aromatic N) is 1. The van der Waals surface area contributed by atoms with Crippen LogP contribution in [0, 0.1) is 0 Å². The van der Waals surface area contributed by atoms with Crippen LogP contribution in [0.5, 0.6) is 0 Å². The second kappa shape index (κ2) is 14.8. The summed E-state index contributed by atoms with van der Waals surface area (Å²) in [5, 5.41) is 4.91. The molecule has 9 aromatic rings. The molecule has 0 aromatic heterocycles. The van der Waals surface area contributed by atoms with Gasteiger partial charge in [-0.3, -0.25) is 0 Å². The largest absolute Gasteiger partial charge is 0.309 e. The number of fused-ring (bicyclic) bond motifs is 5. The minimum absolute atomic E-state index is 0.152. The summed E-state index contributed by atoms with van der Waals surface area (Å²) < 4.78 is 0. The van der Waals surface area contributed by atoms with Gasteiger partial charge in [-0.2, -0.15) is 0 Å². The van der Waals surface area contributed by atoms with E-state index in [4.69, 9.17) is 0 Å². The highest BCUT2D eigenvalue weighted by molar-refractivity contribution is 6.11. The van der Waals surface area contributed by atoms with E-state index in [1.54, 1.807) is 0 Å². The van der Waals surface area contributed by atoms with E-state index in [1.807, 2.05) is 0 Å². The molecule has 1 saturated carbocycles. The van der Waals surface area contributed by atoms with Crippen LogP contribution in [0.25, 0.3) is 66.1 Å². The molecule has 9 aromatic carbocycles. The number of hydrogen-bond donors (Lipinski definition) is 0. The molecule has 0 saturated heterocycles. The molecule has 0 aliphatic heterocycles. The van der Waals surface area contributed by atoms with Gasteiger partial charge in [0.25, 0.3) is 0 Å². The summed E-state index contributed by atoms with van der Waals surface area (Å²) in [6, 6.07) is 72.9. The quantitative estimate of drug-likeness (QED) is 0.156. The van der Waals surface area contributed by atoms with Crippen LogP contribution in [0.2, 0.25) is 0 Å². The average molecular weight is 772 g/mol. The molecular formula is C59H49N. The predicted molar refractivity (Wildman–Crippen MR) is 256 cm³/mol. The summed E-state index contributed by atoms with van der Waals surface area (Å²) in [7, 11) is 0. The minimum Gasteiger partial charge on any atom is -0.309 e. The Morgan fingerprint density at radius 3 is 1.87 bits per heavy atom. The second-order valence-electron chi connectivity index (χ2n) is 17.5. The standard InChI is InChI=1S/C59H49N/c1-59(2)55-27-14-13-25-51(55)52-36-34-47(39-56(52)59)60(58-49-24-12-10-21-45(49)32-35-53(58)50-26-15-22-43-20-9-11-23-48(43)50)57-37-33-46(38-54(57)44-18-7-4-8-19-44)42-30-28-41(29-31-42)40-16-5-3-6-17-40/h4,7-15,18-40H,3,5-6,16-17H2,1-2H3. The Bertz CT molecular complexity index is 3030. The van der Waals surface area contributed by atoms with E-state index in [0.717, 1.165) is 11.4 Å². The van der Waals surface area contributed by atoms with E-state index >= 15 is 0 Å². The van der Waals surface area contributed by atoms with E-state index in [2.05, 4.69) is 213 Å². The van der Waals surface area contributed by atoms with Crippen LogP contribution in [0.4, 0.5) is 17.1 Å². The number of benzene rings is 9. The van der Waals surface area contributed by atoms with Crippen molar-refractivity contribution in [2.75, 3.05) is 4.90 Å². The molecule has 290 valence electrons. The van der Waals surface area contributed by atoms with Crippen LogP contribution in [-0.4, -0.2) is 0 Å². The first-order chi connectivity index (χ1) is 29.5. The van der Waals surface area contributed by atoms with Gasteiger partial charge in [0.2, 0.25) is 0 Å². The zero-order chi connectivity index (χ0) is 40.2. The van der Waals surface area contributed by atoms with Crippen LogP contribution in [0.15, 0.2) is 194 Å². The maximum Gasteiger partial charge on any atom is 0.0618 e.